The number of hydrogen-bond acceptors (Lipinski definition) is 7. The van der Waals surface area contributed by atoms with Crippen molar-refractivity contribution in [1.82, 2.24) is 14.9 Å². The number of H-pyrrole nitrogens is 1. The molecule has 0 aliphatic carbocycles. The Balaban J connectivity index is 1.18. The molecular formula is C29H28N3O9P. The summed E-state index contributed by atoms with van der Waals surface area (Å²) in [4.78, 5) is 57.2. The van der Waals surface area contributed by atoms with Crippen LogP contribution in [0.2, 0.25) is 0 Å². The van der Waals surface area contributed by atoms with Gasteiger partial charge in [0.15, 0.2) is 6.23 Å². The van der Waals surface area contributed by atoms with Crippen LogP contribution >= 0.6 is 7.82 Å². The molecule has 42 heavy (non-hydrogen) atoms. The van der Waals surface area contributed by atoms with E-state index in [0.717, 1.165) is 33.2 Å². The van der Waals surface area contributed by atoms with E-state index < -0.39 is 56.1 Å². The zero-order chi connectivity index (χ0) is 29.6. The number of rotatable bonds is 9. The van der Waals surface area contributed by atoms with Crippen molar-refractivity contribution in [3.05, 3.63) is 93.3 Å². The lowest BCUT2D eigenvalue weighted by atomic mass is 9.90. The van der Waals surface area contributed by atoms with E-state index in [0.29, 0.717) is 12.8 Å². The van der Waals surface area contributed by atoms with Crippen molar-refractivity contribution in [1.29, 1.82) is 0 Å². The number of carbonyl (C=O) groups is 1. The predicted octanol–water partition coefficient (Wildman–Crippen LogP) is 2.31. The second kappa shape index (κ2) is 11.1. The van der Waals surface area contributed by atoms with E-state index in [1.807, 2.05) is 6.07 Å². The Bertz CT molecular complexity index is 1930. The first kappa shape index (κ1) is 28.2. The standard InChI is InChI=1S/C29H28N3O9P/c33-22(6-2-3-16-7-8-19-10-9-17-4-1-5-18-11-12-20(16)25(19)24(17)18)30-26-27(35)21(15-40-42(37,38)39)41-28(26)32-14-13-23(34)31-29(32)36/h1,4-5,7-14,21,26-28,35H,2-3,6,15H2,(H,30,33)(H,31,34,36)(H2,37,38,39)/t21-,26-,27-,28-/m1/s1. The first-order valence-corrected chi connectivity index (χ1v) is 14.9. The van der Waals surface area contributed by atoms with Gasteiger partial charge in [0.2, 0.25) is 5.91 Å². The van der Waals surface area contributed by atoms with Crippen LogP contribution in [0.4, 0.5) is 0 Å². The molecule has 0 unspecified atom stereocenters. The SMILES string of the molecule is O=C(CCCc1ccc2ccc3cccc4ccc1c2c34)N[C@@H]1[C@H](O)[C@@H](COP(=O)(O)O)O[C@H]1n1ccc(=O)[nH]c1=O. The van der Waals surface area contributed by atoms with Crippen LogP contribution in [0.25, 0.3) is 32.3 Å². The Morgan fingerprint density at radius 1 is 1.00 bits per heavy atom. The highest BCUT2D eigenvalue weighted by Crippen LogP contribution is 2.39. The quantitative estimate of drug-likeness (QED) is 0.127. The van der Waals surface area contributed by atoms with E-state index in [2.05, 4.69) is 63.4 Å². The maximum Gasteiger partial charge on any atom is 0.469 e. The van der Waals surface area contributed by atoms with Crippen LogP contribution in [0, 0.1) is 0 Å². The number of ether oxygens (including phenoxy) is 1. The highest BCUT2D eigenvalue weighted by Gasteiger charge is 2.46. The number of phosphoric ester groups is 1. The Labute approximate surface area is 238 Å². The number of nitrogens with zero attached hydrogens (tertiary/aromatic N) is 1. The lowest BCUT2D eigenvalue weighted by molar-refractivity contribution is -0.123. The third-order valence-electron chi connectivity index (χ3n) is 7.70. The predicted molar refractivity (Wildman–Crippen MR) is 154 cm³/mol. The summed E-state index contributed by atoms with van der Waals surface area (Å²) in [7, 11) is -4.88. The van der Waals surface area contributed by atoms with E-state index in [9.17, 15) is 24.1 Å². The van der Waals surface area contributed by atoms with Gasteiger partial charge in [0.1, 0.15) is 18.2 Å². The molecule has 1 fully saturated rings. The molecule has 6 rings (SSSR count). The van der Waals surface area contributed by atoms with Gasteiger partial charge in [0.05, 0.1) is 6.61 Å². The van der Waals surface area contributed by atoms with E-state index in [-0.39, 0.29) is 6.42 Å². The molecule has 218 valence electrons. The molecule has 4 aromatic carbocycles. The second-order valence-corrected chi connectivity index (χ2v) is 11.6. The van der Waals surface area contributed by atoms with Crippen LogP contribution in [-0.2, 0) is 25.0 Å². The molecule has 0 radical (unpaired) electrons. The molecule has 1 aliphatic heterocycles. The molecule has 0 saturated carbocycles. The number of aromatic nitrogens is 2. The van der Waals surface area contributed by atoms with Crippen molar-refractivity contribution in [3.8, 4) is 0 Å². The minimum atomic E-state index is -4.88. The molecule has 1 amide bonds. The number of amides is 1. The molecule has 1 aliphatic rings. The summed E-state index contributed by atoms with van der Waals surface area (Å²) >= 11 is 0. The van der Waals surface area contributed by atoms with Gasteiger partial charge in [-0.3, -0.25) is 23.7 Å². The molecule has 1 aromatic heterocycles. The number of benzene rings is 4. The maximum atomic E-state index is 13.0. The smallest absolute Gasteiger partial charge is 0.388 e. The molecule has 13 heteroatoms. The number of aliphatic hydroxyl groups excluding tert-OH is 1. The Hall–Kier alpha value is -3.90. The first-order valence-electron chi connectivity index (χ1n) is 13.4. The van der Waals surface area contributed by atoms with Crippen LogP contribution in [0.3, 0.4) is 0 Å². The van der Waals surface area contributed by atoms with Crippen LogP contribution in [0.1, 0.15) is 24.6 Å². The topological polar surface area (TPSA) is 180 Å². The van der Waals surface area contributed by atoms with Gasteiger partial charge in [-0.25, -0.2) is 9.36 Å². The fourth-order valence-corrected chi connectivity index (χ4v) is 6.13. The summed E-state index contributed by atoms with van der Waals surface area (Å²) in [5.74, 6) is -0.417. The molecule has 0 spiro atoms. The zero-order valence-electron chi connectivity index (χ0n) is 22.2. The van der Waals surface area contributed by atoms with E-state index >= 15 is 0 Å². The highest BCUT2D eigenvalue weighted by molar-refractivity contribution is 7.46. The molecule has 1 saturated heterocycles. The summed E-state index contributed by atoms with van der Waals surface area (Å²) in [6.07, 6.45) is -1.65. The van der Waals surface area contributed by atoms with Gasteiger partial charge in [-0.15, -0.1) is 0 Å². The fourth-order valence-electron chi connectivity index (χ4n) is 5.79. The lowest BCUT2D eigenvalue weighted by Gasteiger charge is -2.23. The zero-order valence-corrected chi connectivity index (χ0v) is 23.1. The van der Waals surface area contributed by atoms with E-state index in [1.54, 1.807) is 0 Å². The molecule has 0 bridgehead atoms. The van der Waals surface area contributed by atoms with Crippen molar-refractivity contribution < 1.29 is 33.5 Å². The largest absolute Gasteiger partial charge is 0.469 e. The van der Waals surface area contributed by atoms with Gasteiger partial charge < -0.3 is 24.9 Å². The molecular weight excluding hydrogens is 565 g/mol. The average molecular weight is 594 g/mol. The third kappa shape index (κ3) is 5.48. The van der Waals surface area contributed by atoms with Gasteiger partial charge in [-0.1, -0.05) is 54.6 Å². The number of aryl methyl sites for hydroxylation is 1. The molecule has 5 aromatic rings. The van der Waals surface area contributed by atoms with Crippen molar-refractivity contribution in [2.45, 2.75) is 43.7 Å². The fraction of sp³-hybridized carbons (Fsp3) is 0.276. The number of aliphatic hydroxyl groups is 1. The van der Waals surface area contributed by atoms with Crippen molar-refractivity contribution in [2.75, 3.05) is 6.61 Å². The van der Waals surface area contributed by atoms with Gasteiger partial charge in [0, 0.05) is 18.7 Å². The monoisotopic (exact) mass is 593 g/mol. The third-order valence-corrected chi connectivity index (χ3v) is 8.18. The normalized spacial score (nSPS) is 21.0. The minimum absolute atomic E-state index is 0.0993. The van der Waals surface area contributed by atoms with Gasteiger partial charge in [0.25, 0.3) is 5.56 Å². The average Bonchev–Trinajstić information content (AvgIpc) is 3.25. The molecule has 2 heterocycles. The Morgan fingerprint density at radius 2 is 1.69 bits per heavy atom. The first-order chi connectivity index (χ1) is 20.1. The maximum absolute atomic E-state index is 13.0. The number of hydrogen-bond donors (Lipinski definition) is 5. The summed E-state index contributed by atoms with van der Waals surface area (Å²) < 4.78 is 22.3. The van der Waals surface area contributed by atoms with E-state index in [1.165, 1.54) is 21.5 Å². The van der Waals surface area contributed by atoms with Gasteiger partial charge in [-0.05, 0) is 50.7 Å². The number of aromatic amines is 1. The second-order valence-electron chi connectivity index (χ2n) is 10.4. The Kier molecular flexibility index (Phi) is 7.44. The van der Waals surface area contributed by atoms with Crippen LogP contribution in [-0.4, -0.2) is 55.2 Å². The summed E-state index contributed by atoms with van der Waals surface area (Å²) in [5.41, 5.74) is -0.391. The van der Waals surface area contributed by atoms with Gasteiger partial charge >= 0.3 is 13.5 Å². The summed E-state index contributed by atoms with van der Waals surface area (Å²) in [6, 6.07) is 18.7. The molecule has 5 N–H and O–H groups in total. The molecule has 12 nitrogen and oxygen atoms in total. The highest BCUT2D eigenvalue weighted by atomic mass is 31.2. The number of phosphoric acid groups is 1. The summed E-state index contributed by atoms with van der Waals surface area (Å²) in [6.45, 7) is -0.693. The van der Waals surface area contributed by atoms with Crippen LogP contribution in [0.15, 0.2) is 76.4 Å². The van der Waals surface area contributed by atoms with Crippen LogP contribution in [0.5, 0.6) is 0 Å². The Morgan fingerprint density at radius 3 is 2.40 bits per heavy atom. The van der Waals surface area contributed by atoms with Crippen molar-refractivity contribution in [2.24, 2.45) is 0 Å². The van der Waals surface area contributed by atoms with Gasteiger partial charge in [-0.2, -0.15) is 0 Å². The number of carbonyl (C=O) groups excluding carboxylic acids is 1. The van der Waals surface area contributed by atoms with Crippen LogP contribution < -0.4 is 16.6 Å². The van der Waals surface area contributed by atoms with E-state index in [4.69, 9.17) is 14.5 Å². The minimum Gasteiger partial charge on any atom is -0.388 e. The van der Waals surface area contributed by atoms with Crippen molar-refractivity contribution >= 4 is 46.0 Å². The van der Waals surface area contributed by atoms with Crippen molar-refractivity contribution in [3.63, 3.8) is 0 Å². The molecule has 4 atom stereocenters. The summed E-state index contributed by atoms with van der Waals surface area (Å²) in [5, 5.41) is 20.6. The number of nitrogens with one attached hydrogen (secondary N) is 2. The lowest BCUT2D eigenvalue weighted by Crippen LogP contribution is -2.48.